The van der Waals surface area contributed by atoms with Crippen molar-refractivity contribution < 1.29 is 14.3 Å². The molecule has 112 valence electrons. The van der Waals surface area contributed by atoms with Crippen LogP contribution in [0.15, 0.2) is 12.8 Å². The molecule has 0 radical (unpaired) electrons. The highest BCUT2D eigenvalue weighted by Gasteiger charge is 2.55. The van der Waals surface area contributed by atoms with E-state index in [2.05, 4.69) is 6.58 Å². The molecule has 4 bridgehead atoms. The van der Waals surface area contributed by atoms with Crippen LogP contribution in [0.3, 0.4) is 0 Å². The minimum atomic E-state index is -0.152. The predicted octanol–water partition coefficient (Wildman–Crippen LogP) is 3.68. The van der Waals surface area contributed by atoms with E-state index >= 15 is 0 Å². The molecule has 4 aliphatic rings. The molecule has 1 unspecified atom stereocenters. The maximum absolute atomic E-state index is 12.6. The number of rotatable bonds is 6. The molecule has 0 saturated heterocycles. The lowest BCUT2D eigenvalue weighted by Crippen LogP contribution is -2.50. The average Bonchev–Trinajstić information content (AvgIpc) is 2.41. The Labute approximate surface area is 121 Å². The predicted molar refractivity (Wildman–Crippen MR) is 76.9 cm³/mol. The van der Waals surface area contributed by atoms with Gasteiger partial charge >= 0.3 is 5.97 Å². The van der Waals surface area contributed by atoms with Crippen LogP contribution in [0.5, 0.6) is 0 Å². The Morgan fingerprint density at radius 2 is 1.80 bits per heavy atom. The Bertz CT molecular complexity index is 352. The van der Waals surface area contributed by atoms with Gasteiger partial charge in [0.05, 0.1) is 11.7 Å². The summed E-state index contributed by atoms with van der Waals surface area (Å²) < 4.78 is 11.0. The van der Waals surface area contributed by atoms with E-state index in [4.69, 9.17) is 9.47 Å². The molecule has 0 aromatic heterocycles. The Hall–Kier alpha value is -0.990. The van der Waals surface area contributed by atoms with Gasteiger partial charge in [-0.3, -0.25) is 4.79 Å². The number of esters is 1. The summed E-state index contributed by atoms with van der Waals surface area (Å²) in [6.45, 7) is 5.97. The monoisotopic (exact) mass is 278 g/mol. The van der Waals surface area contributed by atoms with Crippen molar-refractivity contribution in [3.63, 3.8) is 0 Å². The lowest BCUT2D eigenvalue weighted by molar-refractivity contribution is -0.174. The first-order valence-corrected chi connectivity index (χ1v) is 8.09. The first-order valence-electron chi connectivity index (χ1n) is 8.09. The van der Waals surface area contributed by atoms with Crippen molar-refractivity contribution in [2.45, 2.75) is 58.0 Å². The third kappa shape index (κ3) is 2.47. The zero-order chi connectivity index (χ0) is 14.2. The quantitative estimate of drug-likeness (QED) is 0.549. The lowest BCUT2D eigenvalue weighted by atomic mass is 9.49. The van der Waals surface area contributed by atoms with E-state index < -0.39 is 0 Å². The Balaban J connectivity index is 1.61. The molecule has 20 heavy (non-hydrogen) atoms. The van der Waals surface area contributed by atoms with Gasteiger partial charge in [-0.15, -0.1) is 0 Å². The van der Waals surface area contributed by atoms with Crippen molar-refractivity contribution in [3.05, 3.63) is 12.8 Å². The van der Waals surface area contributed by atoms with Crippen molar-refractivity contribution in [1.82, 2.24) is 0 Å². The number of hydrogen-bond donors (Lipinski definition) is 0. The second-order valence-electron chi connectivity index (χ2n) is 7.13. The maximum atomic E-state index is 12.6. The van der Waals surface area contributed by atoms with E-state index in [0.717, 1.165) is 43.4 Å². The molecule has 4 fully saturated rings. The highest BCUT2D eigenvalue weighted by Crippen LogP contribution is 2.60. The molecular weight excluding hydrogens is 252 g/mol. The van der Waals surface area contributed by atoms with Gasteiger partial charge in [0, 0.05) is 0 Å². The van der Waals surface area contributed by atoms with E-state index in [-0.39, 0.29) is 17.5 Å². The van der Waals surface area contributed by atoms with Gasteiger partial charge in [-0.05, 0) is 62.7 Å². The van der Waals surface area contributed by atoms with Crippen LogP contribution in [-0.4, -0.2) is 18.7 Å². The molecule has 0 amide bonds. The zero-order valence-corrected chi connectivity index (χ0v) is 12.5. The topological polar surface area (TPSA) is 35.5 Å². The third-order valence-corrected chi connectivity index (χ3v) is 5.62. The lowest BCUT2D eigenvalue weighted by Gasteiger charge is -2.55. The molecular formula is C17H26O3. The molecule has 4 rings (SSSR count). The molecule has 0 aromatic carbocycles. The first-order chi connectivity index (χ1) is 9.65. The average molecular weight is 278 g/mol. The summed E-state index contributed by atoms with van der Waals surface area (Å²) in [5.74, 6) is 2.38. The summed E-state index contributed by atoms with van der Waals surface area (Å²) in [7, 11) is 0. The Kier molecular flexibility index (Phi) is 3.78. The van der Waals surface area contributed by atoms with Crippen molar-refractivity contribution >= 4 is 5.97 Å². The van der Waals surface area contributed by atoms with Gasteiger partial charge in [-0.25, -0.2) is 0 Å². The summed E-state index contributed by atoms with van der Waals surface area (Å²) in [5, 5.41) is 0. The molecule has 0 spiro atoms. The van der Waals surface area contributed by atoms with Crippen molar-refractivity contribution in [2.24, 2.45) is 23.2 Å². The number of carbonyl (C=O) groups is 1. The van der Waals surface area contributed by atoms with Crippen LogP contribution in [0.25, 0.3) is 0 Å². The van der Waals surface area contributed by atoms with Gasteiger partial charge in [-0.1, -0.05) is 13.5 Å². The summed E-state index contributed by atoms with van der Waals surface area (Å²) in [4.78, 5) is 12.6. The normalized spacial score (nSPS) is 39.4. The van der Waals surface area contributed by atoms with E-state index in [0.29, 0.717) is 6.61 Å². The molecule has 1 atom stereocenters. The summed E-state index contributed by atoms with van der Waals surface area (Å²) in [5.41, 5.74) is -0.152. The minimum absolute atomic E-state index is 0.0442. The minimum Gasteiger partial charge on any atom is -0.495 e. The van der Waals surface area contributed by atoms with Crippen molar-refractivity contribution in [1.29, 1.82) is 0 Å². The molecule has 3 heteroatoms. The first kappa shape index (κ1) is 14.0. The fourth-order valence-corrected chi connectivity index (χ4v) is 5.07. The van der Waals surface area contributed by atoms with Gasteiger partial charge in [-0.2, -0.15) is 0 Å². The van der Waals surface area contributed by atoms with Gasteiger partial charge in [0.25, 0.3) is 0 Å². The molecule has 0 N–H and O–H groups in total. The molecule has 0 heterocycles. The SMILES string of the molecule is C=COC(CC)COC(=O)C12CC3CC(CC(C3)C1)C2. The fraction of sp³-hybridized carbons (Fsp3) is 0.824. The van der Waals surface area contributed by atoms with E-state index in [1.165, 1.54) is 25.5 Å². The van der Waals surface area contributed by atoms with Crippen molar-refractivity contribution in [2.75, 3.05) is 6.61 Å². The van der Waals surface area contributed by atoms with E-state index in [9.17, 15) is 4.79 Å². The Morgan fingerprint density at radius 3 is 2.25 bits per heavy atom. The third-order valence-electron chi connectivity index (χ3n) is 5.62. The zero-order valence-electron chi connectivity index (χ0n) is 12.5. The van der Waals surface area contributed by atoms with Crippen molar-refractivity contribution in [3.8, 4) is 0 Å². The van der Waals surface area contributed by atoms with Gasteiger partial charge in [0.1, 0.15) is 12.7 Å². The van der Waals surface area contributed by atoms with Crippen LogP contribution >= 0.6 is 0 Å². The summed E-state index contributed by atoms with van der Waals surface area (Å²) in [6.07, 6.45) is 9.47. The summed E-state index contributed by atoms with van der Waals surface area (Å²) >= 11 is 0. The van der Waals surface area contributed by atoms with Crippen LogP contribution in [0.4, 0.5) is 0 Å². The highest BCUT2D eigenvalue weighted by molar-refractivity contribution is 5.77. The van der Waals surface area contributed by atoms with Crippen LogP contribution in [0, 0.1) is 23.2 Å². The fourth-order valence-electron chi connectivity index (χ4n) is 5.07. The van der Waals surface area contributed by atoms with Crippen LogP contribution in [0.2, 0.25) is 0 Å². The number of hydrogen-bond acceptors (Lipinski definition) is 3. The second kappa shape index (κ2) is 5.42. The van der Waals surface area contributed by atoms with Crippen LogP contribution < -0.4 is 0 Å². The Morgan fingerprint density at radius 1 is 1.25 bits per heavy atom. The molecule has 0 aliphatic heterocycles. The number of ether oxygens (including phenoxy) is 2. The maximum Gasteiger partial charge on any atom is 0.312 e. The van der Waals surface area contributed by atoms with Crippen LogP contribution in [0.1, 0.15) is 51.9 Å². The smallest absolute Gasteiger partial charge is 0.312 e. The van der Waals surface area contributed by atoms with E-state index in [1.807, 2.05) is 6.92 Å². The highest BCUT2D eigenvalue weighted by atomic mass is 16.6. The standard InChI is InChI=1S/C17H26O3/c1-3-15(19-4-2)11-20-16(18)17-8-12-5-13(9-17)7-14(6-12)10-17/h4,12-15H,2-3,5-11H2,1H3. The molecule has 4 aliphatic carbocycles. The van der Waals surface area contributed by atoms with Gasteiger partial charge < -0.3 is 9.47 Å². The number of carbonyl (C=O) groups excluding carboxylic acids is 1. The van der Waals surface area contributed by atoms with E-state index in [1.54, 1.807) is 0 Å². The summed E-state index contributed by atoms with van der Waals surface area (Å²) in [6, 6.07) is 0. The van der Waals surface area contributed by atoms with Crippen LogP contribution in [-0.2, 0) is 14.3 Å². The largest absolute Gasteiger partial charge is 0.495 e. The molecule has 0 aromatic rings. The second-order valence-corrected chi connectivity index (χ2v) is 7.13. The van der Waals surface area contributed by atoms with Gasteiger partial charge in [0.15, 0.2) is 0 Å². The van der Waals surface area contributed by atoms with Gasteiger partial charge in [0.2, 0.25) is 0 Å². The molecule has 4 saturated carbocycles. The molecule has 3 nitrogen and oxygen atoms in total.